The Labute approximate surface area is 114 Å². The summed E-state index contributed by atoms with van der Waals surface area (Å²) in [5.41, 5.74) is 0.730. The molecule has 0 saturated carbocycles. The molecular formula is C12H14BrClN2O. The molecule has 3 nitrogen and oxygen atoms in total. The molecule has 1 fully saturated rings. The SMILES string of the molecule is O=C(Nc1cc(Cl)ccc1Br)C1CCCNC1. The van der Waals surface area contributed by atoms with Gasteiger partial charge in [0.1, 0.15) is 0 Å². The molecule has 0 radical (unpaired) electrons. The third kappa shape index (κ3) is 3.44. The second kappa shape index (κ2) is 5.85. The number of amides is 1. The molecule has 1 amide bonds. The van der Waals surface area contributed by atoms with Crippen LogP contribution in [0.25, 0.3) is 0 Å². The van der Waals surface area contributed by atoms with E-state index in [1.807, 2.05) is 6.07 Å². The van der Waals surface area contributed by atoms with Gasteiger partial charge in [0.15, 0.2) is 0 Å². The highest BCUT2D eigenvalue weighted by atomic mass is 79.9. The predicted molar refractivity (Wildman–Crippen MR) is 73.4 cm³/mol. The number of carbonyl (C=O) groups excluding carboxylic acids is 1. The molecule has 0 aliphatic carbocycles. The summed E-state index contributed by atoms with van der Waals surface area (Å²) in [6.07, 6.45) is 1.99. The molecule has 1 aliphatic heterocycles. The fourth-order valence-electron chi connectivity index (χ4n) is 1.90. The molecule has 1 unspecified atom stereocenters. The van der Waals surface area contributed by atoms with Crippen molar-refractivity contribution in [1.29, 1.82) is 0 Å². The van der Waals surface area contributed by atoms with E-state index in [4.69, 9.17) is 11.6 Å². The van der Waals surface area contributed by atoms with Crippen LogP contribution in [0.15, 0.2) is 22.7 Å². The van der Waals surface area contributed by atoms with Crippen LogP contribution in [0.3, 0.4) is 0 Å². The largest absolute Gasteiger partial charge is 0.325 e. The molecule has 1 heterocycles. The van der Waals surface area contributed by atoms with Gasteiger partial charge in [-0.3, -0.25) is 4.79 Å². The molecule has 1 aromatic carbocycles. The zero-order chi connectivity index (χ0) is 12.3. The van der Waals surface area contributed by atoms with Gasteiger partial charge in [0, 0.05) is 16.0 Å². The fraction of sp³-hybridized carbons (Fsp3) is 0.417. The van der Waals surface area contributed by atoms with Crippen molar-refractivity contribution in [2.24, 2.45) is 5.92 Å². The first-order valence-corrected chi connectivity index (χ1v) is 6.80. The van der Waals surface area contributed by atoms with Crippen LogP contribution in [0.1, 0.15) is 12.8 Å². The van der Waals surface area contributed by atoms with Crippen LogP contribution in [-0.2, 0) is 4.79 Å². The average molecular weight is 318 g/mol. The van der Waals surface area contributed by atoms with Gasteiger partial charge >= 0.3 is 0 Å². The van der Waals surface area contributed by atoms with Crippen LogP contribution in [0, 0.1) is 5.92 Å². The van der Waals surface area contributed by atoms with Crippen LogP contribution in [0.2, 0.25) is 5.02 Å². The molecule has 92 valence electrons. The van der Waals surface area contributed by atoms with Gasteiger partial charge in [-0.05, 0) is 53.5 Å². The Kier molecular flexibility index (Phi) is 4.42. The number of nitrogens with one attached hydrogen (secondary N) is 2. The predicted octanol–water partition coefficient (Wildman–Crippen LogP) is 3.04. The number of benzene rings is 1. The van der Waals surface area contributed by atoms with Gasteiger partial charge in [-0.2, -0.15) is 0 Å². The number of piperidine rings is 1. The Morgan fingerprint density at radius 2 is 2.35 bits per heavy atom. The Balaban J connectivity index is 2.04. The Hall–Kier alpha value is -0.580. The molecule has 0 spiro atoms. The molecule has 5 heteroatoms. The fourth-order valence-corrected chi connectivity index (χ4v) is 2.42. The topological polar surface area (TPSA) is 41.1 Å². The van der Waals surface area contributed by atoms with Crippen LogP contribution in [-0.4, -0.2) is 19.0 Å². The summed E-state index contributed by atoms with van der Waals surface area (Å²) in [7, 11) is 0. The molecule has 1 atom stereocenters. The number of rotatable bonds is 2. The molecule has 1 aliphatic rings. The second-order valence-electron chi connectivity index (χ2n) is 4.16. The second-order valence-corrected chi connectivity index (χ2v) is 5.45. The number of anilines is 1. The van der Waals surface area contributed by atoms with Gasteiger partial charge < -0.3 is 10.6 Å². The van der Waals surface area contributed by atoms with E-state index in [1.54, 1.807) is 12.1 Å². The summed E-state index contributed by atoms with van der Waals surface area (Å²) in [6.45, 7) is 1.76. The van der Waals surface area contributed by atoms with Crippen molar-refractivity contribution in [3.8, 4) is 0 Å². The van der Waals surface area contributed by atoms with E-state index in [1.165, 1.54) is 0 Å². The van der Waals surface area contributed by atoms with Gasteiger partial charge in [-0.25, -0.2) is 0 Å². The number of halogens is 2. The van der Waals surface area contributed by atoms with E-state index in [2.05, 4.69) is 26.6 Å². The maximum atomic E-state index is 12.0. The normalized spacial score (nSPS) is 20.0. The standard InChI is InChI=1S/C12H14BrClN2O/c13-10-4-3-9(14)6-11(10)16-12(17)8-2-1-5-15-7-8/h3-4,6,8,15H,1-2,5,7H2,(H,16,17). The number of hydrogen-bond donors (Lipinski definition) is 2. The summed E-state index contributed by atoms with van der Waals surface area (Å²) in [4.78, 5) is 12.0. The highest BCUT2D eigenvalue weighted by Crippen LogP contribution is 2.26. The lowest BCUT2D eigenvalue weighted by atomic mass is 9.99. The highest BCUT2D eigenvalue weighted by Gasteiger charge is 2.21. The first kappa shape index (κ1) is 12.9. The summed E-state index contributed by atoms with van der Waals surface area (Å²) >= 11 is 9.30. The van der Waals surface area contributed by atoms with Crippen LogP contribution < -0.4 is 10.6 Å². The Morgan fingerprint density at radius 3 is 3.06 bits per heavy atom. The quantitative estimate of drug-likeness (QED) is 0.880. The van der Waals surface area contributed by atoms with Crippen molar-refractivity contribution in [1.82, 2.24) is 5.32 Å². The van der Waals surface area contributed by atoms with Crippen LogP contribution in [0.4, 0.5) is 5.69 Å². The molecule has 1 saturated heterocycles. The third-order valence-corrected chi connectivity index (χ3v) is 3.78. The maximum Gasteiger partial charge on any atom is 0.228 e. The van der Waals surface area contributed by atoms with E-state index >= 15 is 0 Å². The van der Waals surface area contributed by atoms with Crippen molar-refractivity contribution in [3.63, 3.8) is 0 Å². The molecular weight excluding hydrogens is 304 g/mol. The molecule has 0 bridgehead atoms. The van der Waals surface area contributed by atoms with Crippen LogP contribution in [0.5, 0.6) is 0 Å². The van der Waals surface area contributed by atoms with Crippen LogP contribution >= 0.6 is 27.5 Å². The van der Waals surface area contributed by atoms with Gasteiger partial charge in [-0.15, -0.1) is 0 Å². The Bertz CT molecular complexity index is 419. The lowest BCUT2D eigenvalue weighted by Crippen LogP contribution is -2.37. The Morgan fingerprint density at radius 1 is 1.53 bits per heavy atom. The number of hydrogen-bond acceptors (Lipinski definition) is 2. The van der Waals surface area contributed by atoms with Crippen molar-refractivity contribution in [2.45, 2.75) is 12.8 Å². The van der Waals surface area contributed by atoms with Crippen molar-refractivity contribution >= 4 is 39.1 Å². The lowest BCUT2D eigenvalue weighted by Gasteiger charge is -2.22. The highest BCUT2D eigenvalue weighted by molar-refractivity contribution is 9.10. The minimum atomic E-state index is 0.0506. The minimum absolute atomic E-state index is 0.0506. The van der Waals surface area contributed by atoms with E-state index in [-0.39, 0.29) is 11.8 Å². The van der Waals surface area contributed by atoms with Gasteiger partial charge in [0.25, 0.3) is 0 Å². The summed E-state index contributed by atoms with van der Waals surface area (Å²) < 4.78 is 0.846. The first-order chi connectivity index (χ1) is 8.16. The van der Waals surface area contributed by atoms with Crippen molar-refractivity contribution in [2.75, 3.05) is 18.4 Å². The van der Waals surface area contributed by atoms with E-state index in [9.17, 15) is 4.79 Å². The summed E-state index contributed by atoms with van der Waals surface area (Å²) in [5, 5.41) is 6.76. The van der Waals surface area contributed by atoms with E-state index in [0.717, 1.165) is 36.1 Å². The molecule has 1 aromatic rings. The molecule has 2 N–H and O–H groups in total. The molecule has 2 rings (SSSR count). The monoisotopic (exact) mass is 316 g/mol. The first-order valence-electron chi connectivity index (χ1n) is 5.63. The number of carbonyl (C=O) groups is 1. The maximum absolute atomic E-state index is 12.0. The van der Waals surface area contributed by atoms with Gasteiger partial charge in [0.2, 0.25) is 5.91 Å². The third-order valence-electron chi connectivity index (χ3n) is 2.85. The summed E-state index contributed by atoms with van der Waals surface area (Å²) in [6, 6.07) is 5.36. The van der Waals surface area contributed by atoms with Crippen molar-refractivity contribution in [3.05, 3.63) is 27.7 Å². The van der Waals surface area contributed by atoms with Crippen molar-refractivity contribution < 1.29 is 4.79 Å². The average Bonchev–Trinajstić information content (AvgIpc) is 2.35. The van der Waals surface area contributed by atoms with E-state index in [0.29, 0.717) is 5.02 Å². The smallest absolute Gasteiger partial charge is 0.228 e. The lowest BCUT2D eigenvalue weighted by molar-refractivity contribution is -0.120. The minimum Gasteiger partial charge on any atom is -0.325 e. The molecule has 0 aromatic heterocycles. The van der Waals surface area contributed by atoms with Gasteiger partial charge in [-0.1, -0.05) is 11.6 Å². The zero-order valence-corrected chi connectivity index (χ0v) is 11.6. The van der Waals surface area contributed by atoms with Gasteiger partial charge in [0.05, 0.1) is 11.6 Å². The summed E-state index contributed by atoms with van der Waals surface area (Å²) in [5.74, 6) is 0.106. The molecule has 17 heavy (non-hydrogen) atoms. The van der Waals surface area contributed by atoms with E-state index < -0.39 is 0 Å². The zero-order valence-electron chi connectivity index (χ0n) is 9.30.